The van der Waals surface area contributed by atoms with Crippen molar-refractivity contribution in [3.05, 3.63) is 83.7 Å². The standard InChI is InChI=1S/C26H24N6O/c1-18-4-9-23(32-13-10-21(11-14-32)20-7-5-19(16-27)6-8-20)15-24(18)29-26-31-30-25(33-26)22-3-2-12-28-17-22/h2-9,12,15,17,21H,10-11,13-14H2,1H3,(H,29,31). The Morgan fingerprint density at radius 2 is 1.88 bits per heavy atom. The second kappa shape index (κ2) is 9.13. The summed E-state index contributed by atoms with van der Waals surface area (Å²) in [6.07, 6.45) is 5.58. The van der Waals surface area contributed by atoms with E-state index < -0.39 is 0 Å². The minimum atomic E-state index is 0.355. The van der Waals surface area contributed by atoms with Gasteiger partial charge in [0.25, 0.3) is 5.89 Å². The molecule has 2 aromatic heterocycles. The number of anilines is 3. The molecule has 1 aliphatic rings. The Labute approximate surface area is 192 Å². The Morgan fingerprint density at radius 1 is 1.06 bits per heavy atom. The molecule has 2 aromatic carbocycles. The zero-order valence-corrected chi connectivity index (χ0v) is 18.4. The number of hydrogen-bond donors (Lipinski definition) is 1. The highest BCUT2D eigenvalue weighted by Gasteiger charge is 2.21. The molecule has 1 fully saturated rings. The van der Waals surface area contributed by atoms with Gasteiger partial charge in [-0.15, -0.1) is 5.10 Å². The van der Waals surface area contributed by atoms with Crippen molar-refractivity contribution in [1.29, 1.82) is 5.26 Å². The van der Waals surface area contributed by atoms with Crippen LogP contribution >= 0.6 is 0 Å². The SMILES string of the molecule is Cc1ccc(N2CCC(c3ccc(C#N)cc3)CC2)cc1Nc1nnc(-c2cccnc2)o1. The maximum Gasteiger partial charge on any atom is 0.320 e. The number of hydrogen-bond acceptors (Lipinski definition) is 7. The van der Waals surface area contributed by atoms with Crippen molar-refractivity contribution in [2.24, 2.45) is 0 Å². The van der Waals surface area contributed by atoms with Crippen LogP contribution in [-0.4, -0.2) is 28.3 Å². The van der Waals surface area contributed by atoms with Gasteiger partial charge in [0.2, 0.25) is 0 Å². The molecule has 0 spiro atoms. The maximum absolute atomic E-state index is 9.01. The van der Waals surface area contributed by atoms with E-state index in [9.17, 15) is 0 Å². The normalized spacial score (nSPS) is 14.1. The minimum absolute atomic E-state index is 0.355. The van der Waals surface area contributed by atoms with Crippen LogP contribution in [0.4, 0.5) is 17.4 Å². The highest BCUT2D eigenvalue weighted by atomic mass is 16.4. The smallest absolute Gasteiger partial charge is 0.320 e. The van der Waals surface area contributed by atoms with Crippen LogP contribution in [0.25, 0.3) is 11.5 Å². The summed E-state index contributed by atoms with van der Waals surface area (Å²) >= 11 is 0. The van der Waals surface area contributed by atoms with Crippen molar-refractivity contribution >= 4 is 17.4 Å². The van der Waals surface area contributed by atoms with E-state index in [0.29, 0.717) is 23.4 Å². The van der Waals surface area contributed by atoms with E-state index in [1.807, 2.05) is 24.3 Å². The van der Waals surface area contributed by atoms with Gasteiger partial charge in [0.1, 0.15) is 0 Å². The Balaban J connectivity index is 1.26. The first-order valence-electron chi connectivity index (χ1n) is 11.1. The van der Waals surface area contributed by atoms with Gasteiger partial charge in [-0.05, 0) is 73.2 Å². The third kappa shape index (κ3) is 4.55. The van der Waals surface area contributed by atoms with E-state index in [1.54, 1.807) is 12.4 Å². The van der Waals surface area contributed by atoms with Crippen molar-refractivity contribution in [3.63, 3.8) is 0 Å². The molecule has 7 nitrogen and oxygen atoms in total. The molecular formula is C26H24N6O. The number of nitriles is 1. The van der Waals surface area contributed by atoms with Crippen LogP contribution in [0.5, 0.6) is 0 Å². The van der Waals surface area contributed by atoms with Gasteiger partial charge in [-0.1, -0.05) is 23.3 Å². The van der Waals surface area contributed by atoms with Crippen LogP contribution in [0, 0.1) is 18.3 Å². The number of rotatable bonds is 5. The number of aromatic nitrogens is 3. The van der Waals surface area contributed by atoms with Gasteiger partial charge in [0.05, 0.1) is 17.2 Å². The number of nitrogens with one attached hydrogen (secondary N) is 1. The number of aryl methyl sites for hydroxylation is 1. The molecule has 33 heavy (non-hydrogen) atoms. The molecule has 1 N–H and O–H groups in total. The molecule has 164 valence electrons. The lowest BCUT2D eigenvalue weighted by Crippen LogP contribution is -2.32. The fraction of sp³-hybridized carbons (Fsp3) is 0.231. The predicted octanol–water partition coefficient (Wildman–Crippen LogP) is 5.44. The average Bonchev–Trinajstić information content (AvgIpc) is 3.35. The second-order valence-corrected chi connectivity index (χ2v) is 8.27. The first-order chi connectivity index (χ1) is 16.2. The van der Waals surface area contributed by atoms with Gasteiger partial charge in [-0.3, -0.25) is 4.98 Å². The molecule has 0 atom stereocenters. The zero-order chi connectivity index (χ0) is 22.6. The Bertz CT molecular complexity index is 1270. The quantitative estimate of drug-likeness (QED) is 0.445. The van der Waals surface area contributed by atoms with Crippen LogP contribution in [0.15, 0.2) is 71.4 Å². The lowest BCUT2D eigenvalue weighted by Gasteiger charge is -2.34. The van der Waals surface area contributed by atoms with Crippen LogP contribution in [-0.2, 0) is 0 Å². The summed E-state index contributed by atoms with van der Waals surface area (Å²) in [4.78, 5) is 6.51. The summed E-state index contributed by atoms with van der Waals surface area (Å²) in [5.74, 6) is 0.964. The molecule has 4 aromatic rings. The zero-order valence-electron chi connectivity index (χ0n) is 18.4. The summed E-state index contributed by atoms with van der Waals surface area (Å²) < 4.78 is 5.79. The molecule has 0 saturated carbocycles. The molecule has 1 aliphatic heterocycles. The van der Waals surface area contributed by atoms with E-state index in [-0.39, 0.29) is 0 Å². The molecule has 3 heterocycles. The monoisotopic (exact) mass is 436 g/mol. The molecule has 0 amide bonds. The van der Waals surface area contributed by atoms with Crippen LogP contribution in [0.2, 0.25) is 0 Å². The Morgan fingerprint density at radius 3 is 2.61 bits per heavy atom. The summed E-state index contributed by atoms with van der Waals surface area (Å²) in [7, 11) is 0. The van der Waals surface area contributed by atoms with Crippen molar-refractivity contribution in [1.82, 2.24) is 15.2 Å². The molecule has 1 saturated heterocycles. The first-order valence-corrected chi connectivity index (χ1v) is 11.1. The fourth-order valence-corrected chi connectivity index (χ4v) is 4.24. The van der Waals surface area contributed by atoms with E-state index in [4.69, 9.17) is 9.68 Å². The number of nitrogens with zero attached hydrogens (tertiary/aromatic N) is 5. The molecule has 0 radical (unpaired) electrons. The van der Waals surface area contributed by atoms with Crippen LogP contribution in [0.3, 0.4) is 0 Å². The number of pyridine rings is 1. The van der Waals surface area contributed by atoms with Crippen molar-refractivity contribution in [3.8, 4) is 17.5 Å². The predicted molar refractivity (Wildman–Crippen MR) is 127 cm³/mol. The van der Waals surface area contributed by atoms with Gasteiger partial charge in [0.15, 0.2) is 0 Å². The summed E-state index contributed by atoms with van der Waals surface area (Å²) in [6, 6.07) is 20.7. The molecule has 5 rings (SSSR count). The van der Waals surface area contributed by atoms with E-state index in [1.165, 1.54) is 11.3 Å². The first kappa shape index (κ1) is 20.7. The molecule has 0 unspecified atom stereocenters. The summed E-state index contributed by atoms with van der Waals surface area (Å²) in [5, 5.41) is 20.5. The van der Waals surface area contributed by atoms with Crippen LogP contribution < -0.4 is 10.2 Å². The number of benzene rings is 2. The molecule has 0 aliphatic carbocycles. The molecular weight excluding hydrogens is 412 g/mol. The molecule has 7 heteroatoms. The third-order valence-corrected chi connectivity index (χ3v) is 6.17. The number of piperidine rings is 1. The maximum atomic E-state index is 9.01. The van der Waals surface area contributed by atoms with Crippen molar-refractivity contribution in [2.45, 2.75) is 25.7 Å². The van der Waals surface area contributed by atoms with Gasteiger partial charge in [-0.25, -0.2) is 0 Å². The lowest BCUT2D eigenvalue weighted by molar-refractivity contribution is 0.505. The summed E-state index contributed by atoms with van der Waals surface area (Å²) in [5.41, 5.74) is 6.04. The Kier molecular flexibility index (Phi) is 5.73. The van der Waals surface area contributed by atoms with Crippen molar-refractivity contribution < 1.29 is 4.42 Å². The van der Waals surface area contributed by atoms with E-state index in [2.05, 4.69) is 68.7 Å². The minimum Gasteiger partial charge on any atom is -0.403 e. The fourth-order valence-electron chi connectivity index (χ4n) is 4.24. The van der Waals surface area contributed by atoms with Gasteiger partial charge in [0, 0.05) is 36.9 Å². The van der Waals surface area contributed by atoms with Gasteiger partial charge in [-0.2, -0.15) is 5.26 Å². The average molecular weight is 437 g/mol. The third-order valence-electron chi connectivity index (χ3n) is 6.17. The topological polar surface area (TPSA) is 90.9 Å². The lowest BCUT2D eigenvalue weighted by atomic mass is 9.89. The van der Waals surface area contributed by atoms with Crippen molar-refractivity contribution in [2.75, 3.05) is 23.3 Å². The highest BCUT2D eigenvalue weighted by molar-refractivity contribution is 5.66. The van der Waals surface area contributed by atoms with Gasteiger partial charge < -0.3 is 14.6 Å². The Hall–Kier alpha value is -4.18. The summed E-state index contributed by atoms with van der Waals surface area (Å²) in [6.45, 7) is 4.03. The van der Waals surface area contributed by atoms with Gasteiger partial charge >= 0.3 is 6.01 Å². The van der Waals surface area contributed by atoms with E-state index >= 15 is 0 Å². The van der Waals surface area contributed by atoms with E-state index in [0.717, 1.165) is 42.7 Å². The highest BCUT2D eigenvalue weighted by Crippen LogP contribution is 2.33. The second-order valence-electron chi connectivity index (χ2n) is 8.27. The molecule has 0 bridgehead atoms. The van der Waals surface area contributed by atoms with Crippen LogP contribution in [0.1, 0.15) is 35.4 Å². The largest absolute Gasteiger partial charge is 0.403 e.